The average molecular weight is 343 g/mol. The standard InChI is InChI=1S/C19H18O5.H3N/c1-13(19(23)24-11-10-17(20)21)15-8-5-9-16(12-15)18(22)14-6-3-2-4-7-14;/h2-9,12-13H,10-11H2,1H3,(H,20,21);1H3. The van der Waals surface area contributed by atoms with Gasteiger partial charge < -0.3 is 16.0 Å². The molecule has 0 aliphatic rings. The fourth-order valence-corrected chi connectivity index (χ4v) is 2.21. The second-order valence-electron chi connectivity index (χ2n) is 5.35. The van der Waals surface area contributed by atoms with E-state index in [1.807, 2.05) is 6.07 Å². The summed E-state index contributed by atoms with van der Waals surface area (Å²) >= 11 is 0. The first-order chi connectivity index (χ1) is 11.5. The SMILES string of the molecule is CC(C(=O)OCCC(=O)O)c1cccc(C(=O)c2ccccc2)c1.N. The quantitative estimate of drug-likeness (QED) is 0.589. The number of benzene rings is 2. The van der Waals surface area contributed by atoms with Gasteiger partial charge in [0, 0.05) is 11.1 Å². The van der Waals surface area contributed by atoms with Crippen molar-refractivity contribution in [3.8, 4) is 0 Å². The topological polar surface area (TPSA) is 116 Å². The predicted octanol–water partition coefficient (Wildman–Crippen LogP) is 3.20. The summed E-state index contributed by atoms with van der Waals surface area (Å²) in [5.74, 6) is -2.24. The number of esters is 1. The third kappa shape index (κ3) is 5.54. The van der Waals surface area contributed by atoms with Gasteiger partial charge in [0.05, 0.1) is 12.3 Å². The molecule has 25 heavy (non-hydrogen) atoms. The van der Waals surface area contributed by atoms with Crippen molar-refractivity contribution in [3.05, 3.63) is 71.3 Å². The average Bonchev–Trinajstić information content (AvgIpc) is 2.61. The van der Waals surface area contributed by atoms with Crippen LogP contribution in [0.5, 0.6) is 0 Å². The third-order valence-corrected chi connectivity index (χ3v) is 3.60. The minimum Gasteiger partial charge on any atom is -0.481 e. The Bertz CT molecular complexity index is 742. The number of ether oxygens (including phenoxy) is 1. The van der Waals surface area contributed by atoms with E-state index in [-0.39, 0.29) is 25.0 Å². The molecule has 0 amide bonds. The Kier molecular flexibility index (Phi) is 7.49. The number of hydrogen-bond acceptors (Lipinski definition) is 5. The lowest BCUT2D eigenvalue weighted by atomic mass is 9.96. The van der Waals surface area contributed by atoms with E-state index in [4.69, 9.17) is 9.84 Å². The van der Waals surface area contributed by atoms with Crippen LogP contribution in [0.25, 0.3) is 0 Å². The lowest BCUT2D eigenvalue weighted by Gasteiger charge is -2.12. The van der Waals surface area contributed by atoms with Gasteiger partial charge in [-0.2, -0.15) is 0 Å². The Morgan fingerprint density at radius 3 is 2.28 bits per heavy atom. The Hall–Kier alpha value is -2.99. The summed E-state index contributed by atoms with van der Waals surface area (Å²) in [6, 6.07) is 15.7. The molecule has 0 aromatic heterocycles. The van der Waals surface area contributed by atoms with E-state index in [2.05, 4.69) is 0 Å². The summed E-state index contributed by atoms with van der Waals surface area (Å²) in [7, 11) is 0. The molecule has 2 aromatic rings. The smallest absolute Gasteiger partial charge is 0.313 e. The van der Waals surface area contributed by atoms with E-state index in [0.717, 1.165) is 0 Å². The summed E-state index contributed by atoms with van der Waals surface area (Å²) in [6.45, 7) is 1.50. The van der Waals surface area contributed by atoms with Crippen molar-refractivity contribution in [2.45, 2.75) is 19.3 Å². The van der Waals surface area contributed by atoms with Crippen LogP contribution in [0.4, 0.5) is 0 Å². The second-order valence-corrected chi connectivity index (χ2v) is 5.35. The van der Waals surface area contributed by atoms with Crippen LogP contribution in [0.2, 0.25) is 0 Å². The van der Waals surface area contributed by atoms with Crippen molar-refractivity contribution >= 4 is 17.7 Å². The van der Waals surface area contributed by atoms with E-state index in [0.29, 0.717) is 16.7 Å². The Labute approximate surface area is 146 Å². The molecule has 1 atom stereocenters. The van der Waals surface area contributed by atoms with Crippen molar-refractivity contribution < 1.29 is 24.2 Å². The van der Waals surface area contributed by atoms with Crippen LogP contribution in [0.15, 0.2) is 54.6 Å². The largest absolute Gasteiger partial charge is 0.481 e. The molecule has 1 unspecified atom stereocenters. The zero-order valence-electron chi connectivity index (χ0n) is 14.0. The zero-order chi connectivity index (χ0) is 17.5. The molecular formula is C19H21NO5. The van der Waals surface area contributed by atoms with Crippen molar-refractivity contribution in [2.75, 3.05) is 6.61 Å². The number of carbonyl (C=O) groups is 3. The van der Waals surface area contributed by atoms with Gasteiger partial charge in [-0.25, -0.2) is 0 Å². The molecule has 6 nitrogen and oxygen atoms in total. The minimum atomic E-state index is -1.02. The zero-order valence-corrected chi connectivity index (χ0v) is 14.0. The Morgan fingerprint density at radius 1 is 1.00 bits per heavy atom. The molecule has 0 radical (unpaired) electrons. The van der Waals surface area contributed by atoms with E-state index >= 15 is 0 Å². The van der Waals surface area contributed by atoms with Crippen LogP contribution in [0.3, 0.4) is 0 Å². The normalized spacial score (nSPS) is 11.1. The van der Waals surface area contributed by atoms with Crippen molar-refractivity contribution in [3.63, 3.8) is 0 Å². The highest BCUT2D eigenvalue weighted by molar-refractivity contribution is 6.09. The molecule has 0 saturated carbocycles. The fourth-order valence-electron chi connectivity index (χ4n) is 2.21. The maximum absolute atomic E-state index is 12.5. The van der Waals surface area contributed by atoms with Crippen LogP contribution in [0, 0.1) is 0 Å². The molecule has 0 fully saturated rings. The third-order valence-electron chi connectivity index (χ3n) is 3.60. The van der Waals surface area contributed by atoms with E-state index < -0.39 is 17.9 Å². The summed E-state index contributed by atoms with van der Waals surface area (Å²) < 4.78 is 4.95. The van der Waals surface area contributed by atoms with Gasteiger partial charge >= 0.3 is 11.9 Å². The number of carbonyl (C=O) groups excluding carboxylic acids is 2. The maximum Gasteiger partial charge on any atom is 0.313 e. The highest BCUT2D eigenvalue weighted by atomic mass is 16.5. The molecule has 0 saturated heterocycles. The predicted molar refractivity (Wildman–Crippen MR) is 93.0 cm³/mol. The van der Waals surface area contributed by atoms with Gasteiger partial charge in [0.1, 0.15) is 6.61 Å². The van der Waals surface area contributed by atoms with Crippen LogP contribution in [0.1, 0.15) is 40.7 Å². The highest BCUT2D eigenvalue weighted by Crippen LogP contribution is 2.20. The maximum atomic E-state index is 12.5. The number of rotatable bonds is 7. The van der Waals surface area contributed by atoms with Gasteiger partial charge in [-0.3, -0.25) is 14.4 Å². The van der Waals surface area contributed by atoms with Gasteiger partial charge in [-0.15, -0.1) is 0 Å². The van der Waals surface area contributed by atoms with Gasteiger partial charge in [0.15, 0.2) is 5.78 Å². The van der Waals surface area contributed by atoms with Gasteiger partial charge in [0.25, 0.3) is 0 Å². The highest BCUT2D eigenvalue weighted by Gasteiger charge is 2.19. The summed E-state index contributed by atoms with van der Waals surface area (Å²) in [4.78, 5) is 34.9. The van der Waals surface area contributed by atoms with Crippen LogP contribution in [-0.2, 0) is 14.3 Å². The number of carboxylic acids is 1. The molecule has 0 heterocycles. The molecule has 2 aromatic carbocycles. The van der Waals surface area contributed by atoms with Crippen LogP contribution in [-0.4, -0.2) is 29.4 Å². The van der Waals surface area contributed by atoms with E-state index in [1.54, 1.807) is 55.5 Å². The molecule has 4 N–H and O–H groups in total. The van der Waals surface area contributed by atoms with Crippen LogP contribution < -0.4 is 6.15 Å². The van der Waals surface area contributed by atoms with Gasteiger partial charge in [-0.1, -0.05) is 48.5 Å². The number of ketones is 1. The molecule has 2 rings (SSSR count). The Balaban J connectivity index is 0.00000312. The number of hydrogen-bond donors (Lipinski definition) is 2. The molecule has 0 aliphatic heterocycles. The molecular weight excluding hydrogens is 322 g/mol. The summed E-state index contributed by atoms with van der Waals surface area (Å²) in [5.41, 5.74) is 1.72. The van der Waals surface area contributed by atoms with Crippen molar-refractivity contribution in [2.24, 2.45) is 0 Å². The lowest BCUT2D eigenvalue weighted by molar-refractivity contribution is -0.147. The summed E-state index contributed by atoms with van der Waals surface area (Å²) in [5, 5.41) is 8.56. The molecule has 0 bridgehead atoms. The van der Waals surface area contributed by atoms with Crippen molar-refractivity contribution in [1.29, 1.82) is 0 Å². The number of aliphatic carboxylic acids is 1. The molecule has 6 heteroatoms. The monoisotopic (exact) mass is 343 g/mol. The molecule has 0 spiro atoms. The fraction of sp³-hybridized carbons (Fsp3) is 0.211. The number of carboxylic acid groups (broad SMARTS) is 1. The van der Waals surface area contributed by atoms with E-state index in [1.165, 1.54) is 0 Å². The van der Waals surface area contributed by atoms with Crippen LogP contribution >= 0.6 is 0 Å². The van der Waals surface area contributed by atoms with Gasteiger partial charge in [0.2, 0.25) is 0 Å². The van der Waals surface area contributed by atoms with Gasteiger partial charge in [-0.05, 0) is 18.6 Å². The van der Waals surface area contributed by atoms with Crippen molar-refractivity contribution in [1.82, 2.24) is 6.15 Å². The first-order valence-electron chi connectivity index (χ1n) is 7.57. The summed E-state index contributed by atoms with van der Waals surface area (Å²) in [6.07, 6.45) is -0.231. The first kappa shape index (κ1) is 20.1. The Morgan fingerprint density at radius 2 is 1.64 bits per heavy atom. The minimum absolute atomic E-state index is 0. The van der Waals surface area contributed by atoms with E-state index in [9.17, 15) is 14.4 Å². The molecule has 0 aliphatic carbocycles. The molecule has 132 valence electrons. The second kappa shape index (κ2) is 9.34. The first-order valence-corrected chi connectivity index (χ1v) is 7.57. The lowest BCUT2D eigenvalue weighted by Crippen LogP contribution is -2.16.